The van der Waals surface area contributed by atoms with E-state index in [0.29, 0.717) is 13.1 Å². The Hall–Kier alpha value is -1.08. The number of ether oxygens (including phenoxy) is 1. The van der Waals surface area contributed by atoms with Crippen LogP contribution in [0.5, 0.6) is 0 Å². The van der Waals surface area contributed by atoms with Gasteiger partial charge in [0.15, 0.2) is 0 Å². The molecule has 1 aromatic heterocycles. The molecule has 1 N–H and O–H groups in total. The van der Waals surface area contributed by atoms with Gasteiger partial charge >= 0.3 is 6.09 Å². The zero-order valence-electron chi connectivity index (χ0n) is 11.8. The second kappa shape index (κ2) is 6.58. The minimum atomic E-state index is -0.242. The van der Waals surface area contributed by atoms with Crippen LogP contribution in [0.3, 0.4) is 0 Å². The third kappa shape index (κ3) is 3.32. The maximum Gasteiger partial charge on any atom is 0.410 e. The number of carbonyl (C=O) groups is 1. The monoisotopic (exact) mass is 345 g/mol. The van der Waals surface area contributed by atoms with Crippen LogP contribution in [0.1, 0.15) is 38.3 Å². The molecule has 1 aromatic rings. The van der Waals surface area contributed by atoms with Gasteiger partial charge < -0.3 is 14.7 Å². The predicted molar refractivity (Wildman–Crippen MR) is 77.3 cm³/mol. The lowest BCUT2D eigenvalue weighted by Crippen LogP contribution is -2.40. The molecule has 2 rings (SSSR count). The molecule has 2 heterocycles. The standard InChI is InChI=1S/C13H20BrN3O3/c1-9(2)20-13(19)16-5-3-11(4-6-16)17-12(14)10(8-18)7-15-17/h7,9,11,18H,3-6,8H2,1-2H3. The van der Waals surface area contributed by atoms with Crippen molar-refractivity contribution in [3.05, 3.63) is 16.4 Å². The fourth-order valence-corrected chi connectivity index (χ4v) is 2.92. The number of hydrogen-bond acceptors (Lipinski definition) is 4. The number of aromatic nitrogens is 2. The van der Waals surface area contributed by atoms with Crippen LogP contribution in [0.2, 0.25) is 0 Å². The van der Waals surface area contributed by atoms with Gasteiger partial charge in [0.2, 0.25) is 0 Å². The summed E-state index contributed by atoms with van der Waals surface area (Å²) in [6.45, 7) is 5.00. The van der Waals surface area contributed by atoms with Gasteiger partial charge in [-0.3, -0.25) is 4.68 Å². The Kier molecular flexibility index (Phi) is 5.04. The first-order valence-corrected chi connectivity index (χ1v) is 7.60. The third-order valence-electron chi connectivity index (χ3n) is 3.38. The summed E-state index contributed by atoms with van der Waals surface area (Å²) in [4.78, 5) is 13.5. The van der Waals surface area contributed by atoms with E-state index in [-0.39, 0.29) is 24.8 Å². The average Bonchev–Trinajstić information content (AvgIpc) is 2.79. The molecule has 1 saturated heterocycles. The highest BCUT2D eigenvalue weighted by atomic mass is 79.9. The van der Waals surface area contributed by atoms with Gasteiger partial charge in [-0.05, 0) is 42.6 Å². The Labute approximate surface area is 126 Å². The fraction of sp³-hybridized carbons (Fsp3) is 0.692. The van der Waals surface area contributed by atoms with Gasteiger partial charge in [0, 0.05) is 18.7 Å². The number of aliphatic hydroxyl groups is 1. The summed E-state index contributed by atoms with van der Waals surface area (Å²) in [6, 6.07) is 0.243. The molecule has 0 saturated carbocycles. The van der Waals surface area contributed by atoms with Crippen molar-refractivity contribution in [3.63, 3.8) is 0 Å². The van der Waals surface area contributed by atoms with Crippen LogP contribution >= 0.6 is 15.9 Å². The van der Waals surface area contributed by atoms with Gasteiger partial charge in [-0.25, -0.2) is 4.79 Å². The molecule has 0 spiro atoms. The van der Waals surface area contributed by atoms with Crippen LogP contribution in [0.25, 0.3) is 0 Å². The van der Waals surface area contributed by atoms with E-state index in [0.717, 1.165) is 23.0 Å². The van der Waals surface area contributed by atoms with E-state index in [1.54, 1.807) is 11.1 Å². The van der Waals surface area contributed by atoms with Crippen LogP contribution in [0.15, 0.2) is 10.8 Å². The van der Waals surface area contributed by atoms with Crippen molar-refractivity contribution >= 4 is 22.0 Å². The summed E-state index contributed by atoms with van der Waals surface area (Å²) in [5.74, 6) is 0. The van der Waals surface area contributed by atoms with Crippen molar-refractivity contribution < 1.29 is 14.6 Å². The van der Waals surface area contributed by atoms with Crippen molar-refractivity contribution in [1.29, 1.82) is 0 Å². The molecule has 0 unspecified atom stereocenters. The van der Waals surface area contributed by atoms with E-state index in [2.05, 4.69) is 21.0 Å². The highest BCUT2D eigenvalue weighted by molar-refractivity contribution is 9.10. The second-order valence-electron chi connectivity index (χ2n) is 5.21. The molecule has 7 heteroatoms. The second-order valence-corrected chi connectivity index (χ2v) is 5.97. The number of amides is 1. The van der Waals surface area contributed by atoms with Gasteiger partial charge in [0.1, 0.15) is 4.60 Å². The molecule has 0 bridgehead atoms. The number of nitrogens with zero attached hydrogens (tertiary/aromatic N) is 3. The Bertz CT molecular complexity index is 467. The summed E-state index contributed by atoms with van der Waals surface area (Å²) < 4.78 is 7.91. The van der Waals surface area contributed by atoms with Crippen LogP contribution < -0.4 is 0 Å². The zero-order valence-corrected chi connectivity index (χ0v) is 13.3. The van der Waals surface area contributed by atoms with Gasteiger partial charge in [0.05, 0.1) is 24.9 Å². The van der Waals surface area contributed by atoms with Crippen molar-refractivity contribution in [3.8, 4) is 0 Å². The number of hydrogen-bond donors (Lipinski definition) is 1. The van der Waals surface area contributed by atoms with Gasteiger partial charge in [-0.15, -0.1) is 0 Å². The van der Waals surface area contributed by atoms with E-state index in [4.69, 9.17) is 4.74 Å². The molecular weight excluding hydrogens is 326 g/mol. The van der Waals surface area contributed by atoms with Crippen LogP contribution in [-0.4, -0.2) is 45.1 Å². The third-order valence-corrected chi connectivity index (χ3v) is 4.25. The van der Waals surface area contributed by atoms with Gasteiger partial charge in [0.25, 0.3) is 0 Å². The van der Waals surface area contributed by atoms with Gasteiger partial charge in [-0.1, -0.05) is 0 Å². The van der Waals surface area contributed by atoms with Crippen LogP contribution in [0.4, 0.5) is 4.79 Å². The lowest BCUT2D eigenvalue weighted by Gasteiger charge is -2.32. The number of rotatable bonds is 3. The molecule has 0 radical (unpaired) electrons. The first-order valence-electron chi connectivity index (χ1n) is 6.81. The van der Waals surface area contributed by atoms with Crippen molar-refractivity contribution in [2.24, 2.45) is 0 Å². The minimum absolute atomic E-state index is 0.0276. The molecule has 1 amide bonds. The number of aliphatic hydroxyl groups excluding tert-OH is 1. The molecule has 6 nitrogen and oxygen atoms in total. The normalized spacial score (nSPS) is 16.8. The number of halogens is 1. The Balaban J connectivity index is 1.94. The molecule has 0 atom stereocenters. The smallest absolute Gasteiger partial charge is 0.410 e. The Morgan fingerprint density at radius 1 is 1.55 bits per heavy atom. The quantitative estimate of drug-likeness (QED) is 0.912. The minimum Gasteiger partial charge on any atom is -0.447 e. The van der Waals surface area contributed by atoms with Crippen molar-refractivity contribution in [2.45, 2.75) is 45.4 Å². The average molecular weight is 346 g/mol. The summed E-state index contributed by atoms with van der Waals surface area (Å²) in [7, 11) is 0. The summed E-state index contributed by atoms with van der Waals surface area (Å²) in [6.07, 6.45) is 3.00. The highest BCUT2D eigenvalue weighted by Crippen LogP contribution is 2.28. The van der Waals surface area contributed by atoms with E-state index in [1.165, 1.54) is 0 Å². The van der Waals surface area contributed by atoms with Crippen molar-refractivity contribution in [1.82, 2.24) is 14.7 Å². The molecule has 1 aliphatic heterocycles. The molecule has 1 aliphatic rings. The molecule has 1 fully saturated rings. The zero-order chi connectivity index (χ0) is 14.7. The maximum absolute atomic E-state index is 11.8. The number of likely N-dealkylation sites (tertiary alicyclic amines) is 1. The first-order chi connectivity index (χ1) is 9.52. The maximum atomic E-state index is 11.8. The number of piperidine rings is 1. The molecule has 20 heavy (non-hydrogen) atoms. The summed E-state index contributed by atoms with van der Waals surface area (Å²) in [5.41, 5.74) is 0.784. The SMILES string of the molecule is CC(C)OC(=O)N1CCC(n2ncc(CO)c2Br)CC1. The largest absolute Gasteiger partial charge is 0.447 e. The van der Waals surface area contributed by atoms with Gasteiger partial charge in [-0.2, -0.15) is 5.10 Å². The highest BCUT2D eigenvalue weighted by Gasteiger charge is 2.27. The van der Waals surface area contributed by atoms with E-state index in [1.807, 2.05) is 18.5 Å². The Morgan fingerprint density at radius 2 is 2.20 bits per heavy atom. The topological polar surface area (TPSA) is 67.6 Å². The van der Waals surface area contributed by atoms with Crippen LogP contribution in [0, 0.1) is 0 Å². The van der Waals surface area contributed by atoms with Crippen molar-refractivity contribution in [2.75, 3.05) is 13.1 Å². The molecular formula is C13H20BrN3O3. The lowest BCUT2D eigenvalue weighted by molar-refractivity contribution is 0.0652. The van der Waals surface area contributed by atoms with E-state index in [9.17, 15) is 9.90 Å². The van der Waals surface area contributed by atoms with E-state index < -0.39 is 0 Å². The number of carbonyl (C=O) groups excluding carboxylic acids is 1. The predicted octanol–water partition coefficient (Wildman–Crippen LogP) is 2.32. The molecule has 112 valence electrons. The molecule has 0 aliphatic carbocycles. The van der Waals surface area contributed by atoms with Crippen LogP contribution in [-0.2, 0) is 11.3 Å². The Morgan fingerprint density at radius 3 is 2.70 bits per heavy atom. The molecule has 0 aromatic carbocycles. The van der Waals surface area contributed by atoms with E-state index >= 15 is 0 Å². The first kappa shape index (κ1) is 15.3. The summed E-state index contributed by atoms with van der Waals surface area (Å²) in [5, 5.41) is 13.5. The fourth-order valence-electron chi connectivity index (χ4n) is 2.31. The lowest BCUT2D eigenvalue weighted by atomic mass is 10.1. The summed E-state index contributed by atoms with van der Waals surface area (Å²) >= 11 is 3.46.